The molecule has 4 nitrogen and oxygen atoms in total. The monoisotopic (exact) mass is 268 g/mol. The first kappa shape index (κ1) is 15.2. The molecule has 0 aliphatic carbocycles. The number of nitrogens with one attached hydrogen (secondary N) is 1. The van der Waals surface area contributed by atoms with Crippen LogP contribution in [0.15, 0.2) is 0 Å². The van der Waals surface area contributed by atoms with Gasteiger partial charge in [0.15, 0.2) is 0 Å². The molecule has 0 bridgehead atoms. The van der Waals surface area contributed by atoms with Gasteiger partial charge in [-0.1, -0.05) is 0 Å². The lowest BCUT2D eigenvalue weighted by Crippen LogP contribution is -2.50. The maximum absolute atomic E-state index is 12.0. The standard InChI is InChI=1S/C11H19F3N2O2/c1-8(10(17)15-7-11(12,13)14)16-5-3-9(18-2)4-6-16/h8-9H,3-7H2,1-2H3,(H,15,17). The van der Waals surface area contributed by atoms with Crippen LogP contribution in [0.25, 0.3) is 0 Å². The smallest absolute Gasteiger partial charge is 0.381 e. The summed E-state index contributed by atoms with van der Waals surface area (Å²) >= 11 is 0. The highest BCUT2D eigenvalue weighted by Gasteiger charge is 2.31. The molecule has 1 rings (SSSR count). The summed E-state index contributed by atoms with van der Waals surface area (Å²) in [5, 5.41) is 1.91. The van der Waals surface area contributed by atoms with Crippen molar-refractivity contribution in [2.75, 3.05) is 26.7 Å². The van der Waals surface area contributed by atoms with E-state index < -0.39 is 24.7 Å². The van der Waals surface area contributed by atoms with E-state index in [1.54, 1.807) is 14.0 Å². The number of piperidine rings is 1. The Morgan fingerprint density at radius 2 is 2.00 bits per heavy atom. The van der Waals surface area contributed by atoms with Gasteiger partial charge < -0.3 is 10.1 Å². The lowest BCUT2D eigenvalue weighted by molar-refractivity contribution is -0.141. The molecule has 7 heteroatoms. The number of likely N-dealkylation sites (tertiary alicyclic amines) is 1. The minimum absolute atomic E-state index is 0.187. The third kappa shape index (κ3) is 4.81. The SMILES string of the molecule is COC1CCN(C(C)C(=O)NCC(F)(F)F)CC1. The Bertz CT molecular complexity index is 276. The molecule has 1 saturated heterocycles. The number of rotatable bonds is 4. The van der Waals surface area contributed by atoms with Crippen LogP contribution < -0.4 is 5.32 Å². The molecular weight excluding hydrogens is 249 g/mol. The lowest BCUT2D eigenvalue weighted by Gasteiger charge is -2.34. The predicted octanol–water partition coefficient (Wildman–Crippen LogP) is 1.16. The van der Waals surface area contributed by atoms with Crippen LogP contribution in [0.1, 0.15) is 19.8 Å². The molecule has 0 aromatic heterocycles. The van der Waals surface area contributed by atoms with Gasteiger partial charge >= 0.3 is 6.18 Å². The maximum atomic E-state index is 12.0. The number of hydrogen-bond acceptors (Lipinski definition) is 3. The van der Waals surface area contributed by atoms with E-state index in [-0.39, 0.29) is 6.10 Å². The Kier molecular flexibility index (Phi) is 5.40. The molecule has 1 unspecified atom stereocenters. The van der Waals surface area contributed by atoms with Crippen LogP contribution in [0.3, 0.4) is 0 Å². The molecule has 0 aromatic carbocycles. The van der Waals surface area contributed by atoms with E-state index in [2.05, 4.69) is 0 Å². The van der Waals surface area contributed by atoms with Crippen molar-refractivity contribution in [1.29, 1.82) is 0 Å². The lowest BCUT2D eigenvalue weighted by atomic mass is 10.1. The van der Waals surface area contributed by atoms with E-state index in [0.717, 1.165) is 12.8 Å². The van der Waals surface area contributed by atoms with E-state index in [9.17, 15) is 18.0 Å². The maximum Gasteiger partial charge on any atom is 0.405 e. The van der Waals surface area contributed by atoms with Gasteiger partial charge in [-0.15, -0.1) is 0 Å². The minimum Gasteiger partial charge on any atom is -0.381 e. The van der Waals surface area contributed by atoms with Gasteiger partial charge in [0.25, 0.3) is 0 Å². The molecule has 1 N–H and O–H groups in total. The third-order valence-electron chi connectivity index (χ3n) is 3.20. The average Bonchev–Trinajstić information content (AvgIpc) is 2.34. The van der Waals surface area contributed by atoms with Crippen LogP contribution in [0.5, 0.6) is 0 Å². The predicted molar refractivity (Wildman–Crippen MR) is 60.1 cm³/mol. The summed E-state index contributed by atoms with van der Waals surface area (Å²) in [7, 11) is 1.64. The summed E-state index contributed by atoms with van der Waals surface area (Å²) in [5.41, 5.74) is 0. The quantitative estimate of drug-likeness (QED) is 0.832. The third-order valence-corrected chi connectivity index (χ3v) is 3.20. The fourth-order valence-electron chi connectivity index (χ4n) is 2.00. The van der Waals surface area contributed by atoms with E-state index in [1.165, 1.54) is 0 Å². The van der Waals surface area contributed by atoms with Crippen LogP contribution in [0, 0.1) is 0 Å². The number of methoxy groups -OCH3 is 1. The largest absolute Gasteiger partial charge is 0.405 e. The zero-order valence-corrected chi connectivity index (χ0v) is 10.6. The molecule has 1 heterocycles. The van der Waals surface area contributed by atoms with Crippen molar-refractivity contribution in [3.05, 3.63) is 0 Å². The van der Waals surface area contributed by atoms with Gasteiger partial charge in [-0.3, -0.25) is 9.69 Å². The van der Waals surface area contributed by atoms with Crippen LogP contribution >= 0.6 is 0 Å². The van der Waals surface area contributed by atoms with Crippen LogP contribution in [0.2, 0.25) is 0 Å². The molecule has 0 radical (unpaired) electrons. The van der Waals surface area contributed by atoms with Crippen molar-refractivity contribution in [3.8, 4) is 0 Å². The van der Waals surface area contributed by atoms with Gasteiger partial charge in [0.1, 0.15) is 6.54 Å². The van der Waals surface area contributed by atoms with Gasteiger partial charge in [0.2, 0.25) is 5.91 Å². The molecule has 1 fully saturated rings. The zero-order valence-electron chi connectivity index (χ0n) is 10.6. The number of nitrogens with zero attached hydrogens (tertiary/aromatic N) is 1. The van der Waals surface area contributed by atoms with Gasteiger partial charge in [-0.05, 0) is 19.8 Å². The topological polar surface area (TPSA) is 41.6 Å². The molecule has 106 valence electrons. The highest BCUT2D eigenvalue weighted by atomic mass is 19.4. The first-order chi connectivity index (χ1) is 8.33. The van der Waals surface area contributed by atoms with Gasteiger partial charge in [0, 0.05) is 20.2 Å². The second-order valence-corrected chi connectivity index (χ2v) is 4.48. The fraction of sp³-hybridized carbons (Fsp3) is 0.909. The molecule has 0 spiro atoms. The van der Waals surface area contributed by atoms with Crippen molar-refractivity contribution in [2.24, 2.45) is 0 Å². The van der Waals surface area contributed by atoms with Crippen molar-refractivity contribution >= 4 is 5.91 Å². The van der Waals surface area contributed by atoms with Crippen LogP contribution in [0.4, 0.5) is 13.2 Å². The van der Waals surface area contributed by atoms with E-state index in [1.807, 2.05) is 10.2 Å². The second-order valence-electron chi connectivity index (χ2n) is 4.48. The molecule has 1 atom stereocenters. The summed E-state index contributed by atoms with van der Waals surface area (Å²) in [6.07, 6.45) is -2.58. The summed E-state index contributed by atoms with van der Waals surface area (Å²) in [6, 6.07) is -0.537. The normalized spacial score (nSPS) is 20.7. The minimum atomic E-state index is -4.36. The van der Waals surface area contributed by atoms with Crippen molar-refractivity contribution in [3.63, 3.8) is 0 Å². The van der Waals surface area contributed by atoms with E-state index >= 15 is 0 Å². The summed E-state index contributed by atoms with van der Waals surface area (Å²) in [6.45, 7) is 1.68. The molecule has 1 aliphatic heterocycles. The molecule has 1 amide bonds. The first-order valence-electron chi connectivity index (χ1n) is 5.95. The number of carbonyl (C=O) groups is 1. The molecular formula is C11H19F3N2O2. The Hall–Kier alpha value is -0.820. The summed E-state index contributed by atoms with van der Waals surface area (Å²) in [5.74, 6) is -0.580. The number of carbonyl (C=O) groups excluding carboxylic acids is 1. The van der Waals surface area contributed by atoms with Crippen molar-refractivity contribution < 1.29 is 22.7 Å². The number of ether oxygens (including phenoxy) is 1. The number of halogens is 3. The van der Waals surface area contributed by atoms with E-state index in [4.69, 9.17) is 4.74 Å². The van der Waals surface area contributed by atoms with Crippen molar-refractivity contribution in [1.82, 2.24) is 10.2 Å². The molecule has 0 aromatic rings. The number of amides is 1. The Labute approximate surface area is 104 Å². The first-order valence-corrected chi connectivity index (χ1v) is 5.95. The number of hydrogen-bond donors (Lipinski definition) is 1. The van der Waals surface area contributed by atoms with Gasteiger partial charge in [0.05, 0.1) is 12.1 Å². The average molecular weight is 268 g/mol. The van der Waals surface area contributed by atoms with Gasteiger partial charge in [-0.2, -0.15) is 13.2 Å². The Balaban J connectivity index is 2.35. The Morgan fingerprint density at radius 3 is 2.44 bits per heavy atom. The van der Waals surface area contributed by atoms with E-state index in [0.29, 0.717) is 13.1 Å². The molecule has 0 saturated carbocycles. The summed E-state index contributed by atoms with van der Waals surface area (Å²) in [4.78, 5) is 13.4. The Morgan fingerprint density at radius 1 is 1.44 bits per heavy atom. The highest BCUT2D eigenvalue weighted by Crippen LogP contribution is 2.16. The summed E-state index contributed by atoms with van der Waals surface area (Å²) < 4.78 is 41.1. The molecule has 18 heavy (non-hydrogen) atoms. The van der Waals surface area contributed by atoms with Crippen LogP contribution in [-0.2, 0) is 9.53 Å². The van der Waals surface area contributed by atoms with Crippen molar-refractivity contribution in [2.45, 2.75) is 38.1 Å². The number of alkyl halides is 3. The fourth-order valence-corrected chi connectivity index (χ4v) is 2.00. The van der Waals surface area contributed by atoms with Crippen LogP contribution in [-0.4, -0.2) is 55.9 Å². The second kappa shape index (κ2) is 6.38. The molecule has 1 aliphatic rings. The van der Waals surface area contributed by atoms with Gasteiger partial charge in [-0.25, -0.2) is 0 Å². The zero-order chi connectivity index (χ0) is 13.8. The highest BCUT2D eigenvalue weighted by molar-refractivity contribution is 5.81.